The summed E-state index contributed by atoms with van der Waals surface area (Å²) in [6, 6.07) is 3.66. The molecule has 2 heterocycles. The van der Waals surface area contributed by atoms with Gasteiger partial charge in [-0.25, -0.2) is 4.98 Å². The number of nitrogens with zero attached hydrogens (tertiary/aromatic N) is 3. The molecule has 0 aliphatic carbocycles. The third-order valence-corrected chi connectivity index (χ3v) is 3.70. The van der Waals surface area contributed by atoms with E-state index >= 15 is 0 Å². The number of anilines is 2. The van der Waals surface area contributed by atoms with Crippen LogP contribution in [0.2, 0.25) is 0 Å². The minimum Gasteiger partial charge on any atom is -0.368 e. The first kappa shape index (κ1) is 16.9. The smallest absolute Gasteiger partial charge is 0.222 e. The molecule has 0 spiro atoms. The standard InChI is InChI=1S/C16H24N6O/c1-4-5-8-16(3,10-19-11(2)23)22-14-13-12(7-6-9-18-13)20-15(17)21-14/h6-7,9H,4-5,8,10H2,1-3H3,(H,19,23)(H3,17,20,21,22)/t16-/m0/s1. The molecule has 7 nitrogen and oxygen atoms in total. The molecule has 0 unspecified atom stereocenters. The molecular weight excluding hydrogens is 292 g/mol. The summed E-state index contributed by atoms with van der Waals surface area (Å²) >= 11 is 0. The number of nitrogens with two attached hydrogens (primary N) is 1. The topological polar surface area (TPSA) is 106 Å². The number of amides is 1. The minimum atomic E-state index is -0.340. The van der Waals surface area contributed by atoms with Crippen molar-refractivity contribution in [3.05, 3.63) is 18.3 Å². The van der Waals surface area contributed by atoms with Crippen molar-refractivity contribution in [2.45, 2.75) is 45.6 Å². The number of nitrogens with one attached hydrogen (secondary N) is 2. The fourth-order valence-corrected chi connectivity index (χ4v) is 2.44. The van der Waals surface area contributed by atoms with Crippen molar-refractivity contribution in [3.63, 3.8) is 0 Å². The van der Waals surface area contributed by atoms with Crippen LogP contribution in [0.5, 0.6) is 0 Å². The van der Waals surface area contributed by atoms with Gasteiger partial charge in [-0.15, -0.1) is 0 Å². The highest BCUT2D eigenvalue weighted by atomic mass is 16.1. The number of pyridine rings is 1. The summed E-state index contributed by atoms with van der Waals surface area (Å²) in [5, 5.41) is 6.30. The Morgan fingerprint density at radius 1 is 1.39 bits per heavy atom. The maximum absolute atomic E-state index is 11.3. The molecule has 23 heavy (non-hydrogen) atoms. The number of hydrogen-bond acceptors (Lipinski definition) is 6. The van der Waals surface area contributed by atoms with Crippen molar-refractivity contribution in [2.75, 3.05) is 17.6 Å². The van der Waals surface area contributed by atoms with Crippen LogP contribution in [0.4, 0.5) is 11.8 Å². The van der Waals surface area contributed by atoms with E-state index in [9.17, 15) is 4.79 Å². The molecular formula is C16H24N6O. The van der Waals surface area contributed by atoms with E-state index in [4.69, 9.17) is 5.73 Å². The van der Waals surface area contributed by atoms with E-state index in [0.717, 1.165) is 19.3 Å². The van der Waals surface area contributed by atoms with Crippen molar-refractivity contribution in [1.29, 1.82) is 0 Å². The highest BCUT2D eigenvalue weighted by molar-refractivity contribution is 5.86. The van der Waals surface area contributed by atoms with E-state index in [0.29, 0.717) is 23.4 Å². The molecule has 2 aromatic rings. The van der Waals surface area contributed by atoms with E-state index in [1.807, 2.05) is 12.1 Å². The third kappa shape index (κ3) is 4.51. The van der Waals surface area contributed by atoms with Gasteiger partial charge in [0.05, 0.1) is 11.1 Å². The molecule has 4 N–H and O–H groups in total. The summed E-state index contributed by atoms with van der Waals surface area (Å²) in [4.78, 5) is 24.1. The molecule has 7 heteroatoms. The monoisotopic (exact) mass is 316 g/mol. The van der Waals surface area contributed by atoms with Crippen molar-refractivity contribution in [2.24, 2.45) is 0 Å². The largest absolute Gasteiger partial charge is 0.368 e. The van der Waals surface area contributed by atoms with E-state index in [1.54, 1.807) is 6.20 Å². The van der Waals surface area contributed by atoms with E-state index in [-0.39, 0.29) is 17.4 Å². The Morgan fingerprint density at radius 3 is 2.87 bits per heavy atom. The summed E-state index contributed by atoms with van der Waals surface area (Å²) in [5.74, 6) is 0.738. The van der Waals surface area contributed by atoms with Crippen LogP contribution >= 0.6 is 0 Å². The van der Waals surface area contributed by atoms with Gasteiger partial charge in [0.1, 0.15) is 5.52 Å². The fourth-order valence-electron chi connectivity index (χ4n) is 2.44. The van der Waals surface area contributed by atoms with Crippen LogP contribution in [0.3, 0.4) is 0 Å². The van der Waals surface area contributed by atoms with Crippen molar-refractivity contribution in [1.82, 2.24) is 20.3 Å². The Labute approximate surface area is 136 Å². The number of aromatic nitrogens is 3. The van der Waals surface area contributed by atoms with E-state index in [1.165, 1.54) is 6.92 Å². The van der Waals surface area contributed by atoms with Gasteiger partial charge in [-0.3, -0.25) is 9.78 Å². The number of rotatable bonds is 7. The lowest BCUT2D eigenvalue weighted by Gasteiger charge is -2.32. The molecule has 0 saturated heterocycles. The molecule has 0 bridgehead atoms. The first-order valence-electron chi connectivity index (χ1n) is 7.84. The summed E-state index contributed by atoms with van der Waals surface area (Å²) in [7, 11) is 0. The van der Waals surface area contributed by atoms with Gasteiger partial charge in [-0.1, -0.05) is 19.8 Å². The molecule has 0 fully saturated rings. The number of carbonyl (C=O) groups is 1. The quantitative estimate of drug-likeness (QED) is 0.722. The predicted octanol–water partition coefficient (Wildman–Crippen LogP) is 2.10. The highest BCUT2D eigenvalue weighted by Crippen LogP contribution is 2.24. The number of hydrogen-bond donors (Lipinski definition) is 3. The second kappa shape index (κ2) is 7.21. The van der Waals surface area contributed by atoms with Crippen LogP contribution in [-0.2, 0) is 4.79 Å². The maximum Gasteiger partial charge on any atom is 0.222 e. The van der Waals surface area contributed by atoms with Gasteiger partial charge in [0.25, 0.3) is 0 Å². The molecule has 1 amide bonds. The van der Waals surface area contributed by atoms with Crippen LogP contribution in [-0.4, -0.2) is 32.9 Å². The van der Waals surface area contributed by atoms with Gasteiger partial charge >= 0.3 is 0 Å². The van der Waals surface area contributed by atoms with Gasteiger partial charge in [0.15, 0.2) is 5.82 Å². The average molecular weight is 316 g/mol. The van der Waals surface area contributed by atoms with Gasteiger partial charge < -0.3 is 16.4 Å². The molecule has 2 rings (SSSR count). The first-order valence-corrected chi connectivity index (χ1v) is 7.84. The fraction of sp³-hybridized carbons (Fsp3) is 0.500. The Hall–Kier alpha value is -2.44. The van der Waals surface area contributed by atoms with E-state index in [2.05, 4.69) is 39.4 Å². The lowest BCUT2D eigenvalue weighted by atomic mass is 9.94. The Kier molecular flexibility index (Phi) is 5.31. The maximum atomic E-state index is 11.3. The van der Waals surface area contributed by atoms with Crippen molar-refractivity contribution in [3.8, 4) is 0 Å². The number of unbranched alkanes of at least 4 members (excludes halogenated alkanes) is 1. The summed E-state index contributed by atoms with van der Waals surface area (Å²) in [6.07, 6.45) is 4.70. The van der Waals surface area contributed by atoms with Crippen LogP contribution in [0.25, 0.3) is 11.0 Å². The molecule has 0 aliphatic heterocycles. The average Bonchev–Trinajstić information content (AvgIpc) is 2.51. The zero-order chi connectivity index (χ0) is 16.9. The van der Waals surface area contributed by atoms with Crippen LogP contribution in [0.15, 0.2) is 18.3 Å². The summed E-state index contributed by atoms with van der Waals surface area (Å²) in [6.45, 7) is 6.21. The lowest BCUT2D eigenvalue weighted by Crippen LogP contribution is -2.46. The van der Waals surface area contributed by atoms with E-state index < -0.39 is 0 Å². The second-order valence-electron chi connectivity index (χ2n) is 6.00. The Bertz CT molecular complexity index is 689. The zero-order valence-electron chi connectivity index (χ0n) is 13.9. The number of fused-ring (bicyclic) bond motifs is 1. The lowest BCUT2D eigenvalue weighted by molar-refractivity contribution is -0.119. The van der Waals surface area contributed by atoms with Crippen LogP contribution in [0.1, 0.15) is 40.0 Å². The van der Waals surface area contributed by atoms with Gasteiger partial charge in [0, 0.05) is 19.7 Å². The minimum absolute atomic E-state index is 0.0558. The molecule has 0 aliphatic rings. The molecule has 124 valence electrons. The third-order valence-electron chi connectivity index (χ3n) is 3.70. The second-order valence-corrected chi connectivity index (χ2v) is 6.00. The normalized spacial score (nSPS) is 13.5. The summed E-state index contributed by atoms with van der Waals surface area (Å²) < 4.78 is 0. The number of carbonyl (C=O) groups excluding carboxylic acids is 1. The molecule has 0 saturated carbocycles. The van der Waals surface area contributed by atoms with Gasteiger partial charge in [-0.2, -0.15) is 4.98 Å². The summed E-state index contributed by atoms with van der Waals surface area (Å²) in [5.41, 5.74) is 6.83. The van der Waals surface area contributed by atoms with Crippen molar-refractivity contribution >= 4 is 28.7 Å². The molecule has 0 aromatic carbocycles. The van der Waals surface area contributed by atoms with Crippen LogP contribution in [0, 0.1) is 0 Å². The molecule has 0 radical (unpaired) electrons. The van der Waals surface area contributed by atoms with Gasteiger partial charge in [-0.05, 0) is 25.5 Å². The Balaban J connectivity index is 2.33. The number of nitrogen functional groups attached to an aromatic ring is 1. The first-order chi connectivity index (χ1) is 10.9. The van der Waals surface area contributed by atoms with Crippen LogP contribution < -0.4 is 16.4 Å². The zero-order valence-corrected chi connectivity index (χ0v) is 13.9. The SMILES string of the molecule is CCCC[C@@](C)(CNC(C)=O)Nc1nc(N)nc2cccnc12. The highest BCUT2D eigenvalue weighted by Gasteiger charge is 2.25. The molecule has 2 aromatic heterocycles. The Morgan fingerprint density at radius 2 is 2.17 bits per heavy atom. The van der Waals surface area contributed by atoms with Gasteiger partial charge in [0.2, 0.25) is 11.9 Å². The molecule has 1 atom stereocenters. The predicted molar refractivity (Wildman–Crippen MR) is 92.0 cm³/mol. The van der Waals surface area contributed by atoms with Crippen molar-refractivity contribution < 1.29 is 4.79 Å².